The summed E-state index contributed by atoms with van der Waals surface area (Å²) in [4.78, 5) is 29.1. The van der Waals surface area contributed by atoms with Gasteiger partial charge in [0.15, 0.2) is 0 Å². The maximum absolute atomic E-state index is 13.1. The van der Waals surface area contributed by atoms with Gasteiger partial charge in [-0.15, -0.1) is 11.8 Å². The number of carbonyl (C=O) groups is 2. The second-order valence-electron chi connectivity index (χ2n) is 7.87. The summed E-state index contributed by atoms with van der Waals surface area (Å²) in [5.41, 5.74) is 1.39. The molecule has 2 aromatic rings. The number of carbonyl (C=O) groups excluding carboxylic acids is 2. The Morgan fingerprint density at radius 3 is 2.59 bits per heavy atom. The number of hydrogen-bond donors (Lipinski definition) is 1. The molecule has 0 radical (unpaired) electrons. The van der Waals surface area contributed by atoms with Gasteiger partial charge in [-0.05, 0) is 29.9 Å². The number of likely N-dealkylation sites (tertiary alicyclic amines) is 1. The molecular weight excluding hydrogens is 443 g/mol. The summed E-state index contributed by atoms with van der Waals surface area (Å²) in [5.74, 6) is 0.237. The summed E-state index contributed by atoms with van der Waals surface area (Å²) in [6, 6.07) is 8.43. The predicted molar refractivity (Wildman–Crippen MR) is 113 cm³/mol. The van der Waals surface area contributed by atoms with Crippen molar-refractivity contribution in [2.24, 2.45) is 0 Å². The molecule has 2 aliphatic heterocycles. The van der Waals surface area contributed by atoms with Crippen LogP contribution in [-0.2, 0) is 15.7 Å². The highest BCUT2D eigenvalue weighted by atomic mass is 32.2. The van der Waals surface area contributed by atoms with Gasteiger partial charge in [0.2, 0.25) is 5.91 Å². The number of pyridine rings is 1. The van der Waals surface area contributed by atoms with Gasteiger partial charge in [-0.25, -0.2) is 9.78 Å². The average Bonchev–Trinajstić information content (AvgIpc) is 3.16. The van der Waals surface area contributed by atoms with E-state index in [-0.39, 0.29) is 17.9 Å². The minimum Gasteiger partial charge on any atom is -0.447 e. The molecule has 2 amide bonds. The highest BCUT2D eigenvalue weighted by Gasteiger charge is 2.33. The number of aromatic nitrogens is 1. The largest absolute Gasteiger partial charge is 0.447 e. The first-order valence-corrected chi connectivity index (χ1v) is 11.4. The molecule has 1 N–H and O–H groups in total. The van der Waals surface area contributed by atoms with Crippen molar-refractivity contribution < 1.29 is 27.5 Å². The smallest absolute Gasteiger partial charge is 0.417 e. The number of rotatable bonds is 6. The lowest BCUT2D eigenvalue weighted by atomic mass is 9.90. The number of amides is 2. The standard InChI is InChI=1S/C22H22F3N3O3S/c1-32-20-18(8-16(9-26-20)22(23,24)25)14-4-2-13(3-5-14)15-10-28(11-15)19(29)7-6-17-12-31-21(30)27-17/h2-5,8-9,15,17H,6-7,10-12H2,1H3,(H,27,30). The first-order valence-electron chi connectivity index (χ1n) is 10.2. The van der Waals surface area contributed by atoms with Gasteiger partial charge in [0.05, 0.1) is 11.6 Å². The van der Waals surface area contributed by atoms with Crippen molar-refractivity contribution in [2.75, 3.05) is 26.0 Å². The molecule has 2 aliphatic rings. The Morgan fingerprint density at radius 1 is 1.28 bits per heavy atom. The van der Waals surface area contributed by atoms with Crippen LogP contribution in [0.15, 0.2) is 41.6 Å². The summed E-state index contributed by atoms with van der Waals surface area (Å²) in [5, 5.41) is 3.19. The molecule has 3 heterocycles. The van der Waals surface area contributed by atoms with Crippen molar-refractivity contribution in [1.82, 2.24) is 15.2 Å². The number of ether oxygens (including phenoxy) is 1. The second kappa shape index (κ2) is 9.01. The molecule has 4 rings (SSSR count). The van der Waals surface area contributed by atoms with Crippen LogP contribution in [0.1, 0.15) is 29.9 Å². The van der Waals surface area contributed by atoms with Crippen molar-refractivity contribution >= 4 is 23.8 Å². The first-order chi connectivity index (χ1) is 15.2. The minimum absolute atomic E-state index is 0.0404. The van der Waals surface area contributed by atoms with Crippen molar-refractivity contribution in [3.8, 4) is 11.1 Å². The monoisotopic (exact) mass is 465 g/mol. The summed E-state index contributed by atoms with van der Waals surface area (Å²) < 4.78 is 44.1. The lowest BCUT2D eigenvalue weighted by Gasteiger charge is -2.40. The van der Waals surface area contributed by atoms with E-state index >= 15 is 0 Å². The Hall–Kier alpha value is -2.75. The summed E-state index contributed by atoms with van der Waals surface area (Å²) >= 11 is 1.30. The molecule has 10 heteroatoms. The van der Waals surface area contributed by atoms with Crippen molar-refractivity contribution in [3.05, 3.63) is 47.7 Å². The molecule has 0 bridgehead atoms. The van der Waals surface area contributed by atoms with Crippen LogP contribution in [0, 0.1) is 0 Å². The maximum Gasteiger partial charge on any atom is 0.417 e. The fourth-order valence-electron chi connectivity index (χ4n) is 3.84. The summed E-state index contributed by atoms with van der Waals surface area (Å²) in [7, 11) is 0. The number of cyclic esters (lactones) is 1. The van der Waals surface area contributed by atoms with Gasteiger partial charge < -0.3 is 15.0 Å². The van der Waals surface area contributed by atoms with Crippen LogP contribution in [0.25, 0.3) is 11.1 Å². The first kappa shape index (κ1) is 22.4. The Kier molecular flexibility index (Phi) is 6.32. The topological polar surface area (TPSA) is 71.5 Å². The number of nitrogens with zero attached hydrogens (tertiary/aromatic N) is 2. The second-order valence-corrected chi connectivity index (χ2v) is 8.67. The van der Waals surface area contributed by atoms with Gasteiger partial charge in [0.1, 0.15) is 11.6 Å². The number of halogens is 3. The highest BCUT2D eigenvalue weighted by molar-refractivity contribution is 7.98. The third-order valence-electron chi connectivity index (χ3n) is 5.74. The molecule has 1 aromatic carbocycles. The van der Waals surface area contributed by atoms with E-state index in [0.717, 1.165) is 17.8 Å². The molecule has 1 atom stereocenters. The van der Waals surface area contributed by atoms with E-state index in [2.05, 4.69) is 10.3 Å². The number of benzene rings is 1. The van der Waals surface area contributed by atoms with E-state index in [1.807, 2.05) is 12.1 Å². The van der Waals surface area contributed by atoms with Gasteiger partial charge in [-0.3, -0.25) is 4.79 Å². The molecule has 2 saturated heterocycles. The zero-order valence-electron chi connectivity index (χ0n) is 17.3. The maximum atomic E-state index is 13.1. The Balaban J connectivity index is 1.36. The molecule has 2 fully saturated rings. The summed E-state index contributed by atoms with van der Waals surface area (Å²) in [6.45, 7) is 1.50. The molecule has 6 nitrogen and oxygen atoms in total. The van der Waals surface area contributed by atoms with Gasteiger partial charge in [-0.1, -0.05) is 24.3 Å². The van der Waals surface area contributed by atoms with E-state index < -0.39 is 17.8 Å². The summed E-state index contributed by atoms with van der Waals surface area (Å²) in [6.07, 6.45) is -1.36. The minimum atomic E-state index is -4.45. The quantitative estimate of drug-likeness (QED) is 0.644. The van der Waals surface area contributed by atoms with Crippen LogP contribution < -0.4 is 5.32 Å². The van der Waals surface area contributed by atoms with Crippen LogP contribution in [0.4, 0.5) is 18.0 Å². The van der Waals surface area contributed by atoms with Crippen molar-refractivity contribution in [3.63, 3.8) is 0 Å². The number of hydrogen-bond acceptors (Lipinski definition) is 5. The zero-order chi connectivity index (χ0) is 22.9. The Morgan fingerprint density at radius 2 is 2.00 bits per heavy atom. The third kappa shape index (κ3) is 4.85. The number of alkyl halides is 3. The average molecular weight is 465 g/mol. The number of nitrogens with one attached hydrogen (secondary N) is 1. The molecule has 0 saturated carbocycles. The van der Waals surface area contributed by atoms with Crippen LogP contribution in [0.3, 0.4) is 0 Å². The van der Waals surface area contributed by atoms with E-state index in [0.29, 0.717) is 48.7 Å². The van der Waals surface area contributed by atoms with Gasteiger partial charge in [0, 0.05) is 37.2 Å². The Bertz CT molecular complexity index is 1010. The zero-order valence-corrected chi connectivity index (χ0v) is 18.1. The molecule has 170 valence electrons. The number of thioether (sulfide) groups is 1. The van der Waals surface area contributed by atoms with Crippen LogP contribution >= 0.6 is 11.8 Å². The third-order valence-corrected chi connectivity index (χ3v) is 6.46. The highest BCUT2D eigenvalue weighted by Crippen LogP contribution is 2.36. The fourth-order valence-corrected chi connectivity index (χ4v) is 4.40. The van der Waals surface area contributed by atoms with Crippen LogP contribution in [0.5, 0.6) is 0 Å². The van der Waals surface area contributed by atoms with Gasteiger partial charge in [0.25, 0.3) is 0 Å². The van der Waals surface area contributed by atoms with E-state index in [9.17, 15) is 22.8 Å². The molecular formula is C22H22F3N3O3S. The van der Waals surface area contributed by atoms with Crippen molar-refractivity contribution in [1.29, 1.82) is 0 Å². The van der Waals surface area contributed by atoms with Gasteiger partial charge in [-0.2, -0.15) is 13.2 Å². The Labute approximate surface area is 187 Å². The van der Waals surface area contributed by atoms with Crippen LogP contribution in [0.2, 0.25) is 0 Å². The van der Waals surface area contributed by atoms with E-state index in [1.54, 1.807) is 23.3 Å². The molecule has 1 aromatic heterocycles. The van der Waals surface area contributed by atoms with E-state index in [1.165, 1.54) is 11.8 Å². The molecule has 0 spiro atoms. The molecule has 0 aliphatic carbocycles. The molecule has 1 unspecified atom stereocenters. The fraction of sp³-hybridized carbons (Fsp3) is 0.409. The predicted octanol–water partition coefficient (Wildman–Crippen LogP) is 4.30. The lowest BCUT2D eigenvalue weighted by Crippen LogP contribution is -2.48. The van der Waals surface area contributed by atoms with E-state index in [4.69, 9.17) is 4.74 Å². The lowest BCUT2D eigenvalue weighted by molar-refractivity contribution is -0.138. The van der Waals surface area contributed by atoms with Crippen molar-refractivity contribution in [2.45, 2.75) is 36.0 Å². The number of alkyl carbamates (subject to hydrolysis) is 1. The SMILES string of the molecule is CSc1ncc(C(F)(F)F)cc1-c1ccc(C2CN(C(=O)CCC3COC(=O)N3)C2)cc1. The van der Waals surface area contributed by atoms with Gasteiger partial charge >= 0.3 is 12.3 Å². The molecule has 32 heavy (non-hydrogen) atoms. The van der Waals surface area contributed by atoms with Crippen LogP contribution in [-0.4, -0.2) is 53.9 Å². The normalized spacial score (nSPS) is 18.8.